The lowest BCUT2D eigenvalue weighted by Crippen LogP contribution is -2.16. The molecule has 0 bridgehead atoms. The van der Waals surface area contributed by atoms with Crippen LogP contribution >= 0.6 is 0 Å². The van der Waals surface area contributed by atoms with Crippen LogP contribution in [0.3, 0.4) is 0 Å². The molecule has 0 atom stereocenters. The van der Waals surface area contributed by atoms with E-state index < -0.39 is 0 Å². The Bertz CT molecular complexity index is 3840. The minimum atomic E-state index is -0.00724. The molecule has 1 heterocycles. The van der Waals surface area contributed by atoms with E-state index >= 15 is 0 Å². The van der Waals surface area contributed by atoms with Gasteiger partial charge in [-0.1, -0.05) is 219 Å². The van der Waals surface area contributed by atoms with Crippen LogP contribution in [0.4, 0.5) is 17.1 Å². The summed E-state index contributed by atoms with van der Waals surface area (Å²) in [5, 5.41) is 10.2. The molecule has 2 nitrogen and oxygen atoms in total. The third-order valence-electron chi connectivity index (χ3n) is 15.9. The molecule has 0 aliphatic rings. The molecular weight excluding hydrogens is 893 g/mol. The van der Waals surface area contributed by atoms with Gasteiger partial charge in [0.2, 0.25) is 0 Å². The van der Waals surface area contributed by atoms with Gasteiger partial charge in [-0.3, -0.25) is 0 Å². The lowest BCUT2D eigenvalue weighted by Gasteiger charge is -2.28. The number of hydrogen-bond donors (Lipinski definition) is 0. The van der Waals surface area contributed by atoms with Crippen LogP contribution in [0.15, 0.2) is 176 Å². The van der Waals surface area contributed by atoms with E-state index in [0.717, 1.165) is 17.1 Å². The van der Waals surface area contributed by atoms with Gasteiger partial charge in [-0.25, -0.2) is 0 Å². The monoisotopic (exact) mass is 967 g/mol. The first kappa shape index (κ1) is 49.1. The summed E-state index contributed by atoms with van der Waals surface area (Å²) in [4.78, 5) is 2.46. The van der Waals surface area contributed by atoms with E-state index in [1.165, 1.54) is 110 Å². The van der Waals surface area contributed by atoms with Crippen molar-refractivity contribution < 1.29 is 0 Å². The SMILES string of the molecule is CC(C)(C)c1cc(-c2ccc(C(C)(C)C)cc2-c2ccc(N(c3ccccc3)c3ccc4ccc5c(-n6c7ccc(C(C)(C)C)cc7c7cc(C(C)(C)C)ccc76)ccc6ccc3c4c65)cc2)cc(C(C)(C)C)c1. The molecule has 11 aromatic rings. The first-order valence-electron chi connectivity index (χ1n) is 26.9. The molecule has 372 valence electrons. The number of benzene rings is 10. The highest BCUT2D eigenvalue weighted by Crippen LogP contribution is 2.48. The molecule has 0 amide bonds. The molecule has 0 N–H and O–H groups in total. The quantitative estimate of drug-likeness (QED) is 0.151. The molecule has 0 saturated heterocycles. The molecular formula is C72H74N2. The first-order chi connectivity index (χ1) is 34.8. The molecule has 0 aliphatic heterocycles. The maximum Gasteiger partial charge on any atom is 0.0541 e. The van der Waals surface area contributed by atoms with Gasteiger partial charge < -0.3 is 9.47 Å². The highest BCUT2D eigenvalue weighted by molar-refractivity contribution is 6.27. The van der Waals surface area contributed by atoms with Crippen LogP contribution in [0.2, 0.25) is 0 Å². The van der Waals surface area contributed by atoms with Crippen LogP contribution in [0, 0.1) is 0 Å². The lowest BCUT2D eigenvalue weighted by atomic mass is 9.77. The predicted molar refractivity (Wildman–Crippen MR) is 324 cm³/mol. The summed E-state index contributed by atoms with van der Waals surface area (Å²) >= 11 is 0. The minimum absolute atomic E-state index is 0.00724. The fourth-order valence-corrected chi connectivity index (χ4v) is 11.3. The fraction of sp³-hybridized carbons (Fsp3) is 0.278. The van der Waals surface area contributed by atoms with Gasteiger partial charge in [-0.05, 0) is 159 Å². The van der Waals surface area contributed by atoms with E-state index in [9.17, 15) is 0 Å². The summed E-state index contributed by atoms with van der Waals surface area (Å²) in [5.41, 5.74) is 18.9. The van der Waals surface area contributed by atoms with Crippen LogP contribution < -0.4 is 4.90 Å². The fourth-order valence-electron chi connectivity index (χ4n) is 11.3. The normalized spacial score (nSPS) is 13.1. The van der Waals surface area contributed by atoms with Gasteiger partial charge in [0.15, 0.2) is 0 Å². The molecule has 1 aromatic heterocycles. The van der Waals surface area contributed by atoms with Crippen molar-refractivity contribution in [1.82, 2.24) is 4.57 Å². The second-order valence-corrected chi connectivity index (χ2v) is 26.4. The van der Waals surface area contributed by atoms with Crippen molar-refractivity contribution >= 4 is 71.2 Å². The summed E-state index contributed by atoms with van der Waals surface area (Å²) < 4.78 is 2.53. The van der Waals surface area contributed by atoms with Gasteiger partial charge in [-0.15, -0.1) is 0 Å². The van der Waals surface area contributed by atoms with E-state index in [1.807, 2.05) is 0 Å². The van der Waals surface area contributed by atoms with Crippen molar-refractivity contribution in [2.75, 3.05) is 4.90 Å². The van der Waals surface area contributed by atoms with E-state index in [-0.39, 0.29) is 27.1 Å². The summed E-state index contributed by atoms with van der Waals surface area (Å²) in [6.07, 6.45) is 0. The zero-order valence-corrected chi connectivity index (χ0v) is 46.6. The summed E-state index contributed by atoms with van der Waals surface area (Å²) in [6, 6.07) is 67.7. The molecule has 0 aliphatic carbocycles. The van der Waals surface area contributed by atoms with Crippen molar-refractivity contribution in [3.63, 3.8) is 0 Å². The van der Waals surface area contributed by atoms with Crippen LogP contribution in [0.5, 0.6) is 0 Å². The Hall–Kier alpha value is -7.16. The van der Waals surface area contributed by atoms with Gasteiger partial charge in [-0.2, -0.15) is 0 Å². The van der Waals surface area contributed by atoms with Crippen LogP contribution in [-0.2, 0) is 27.1 Å². The van der Waals surface area contributed by atoms with Gasteiger partial charge in [0.25, 0.3) is 0 Å². The molecule has 0 spiro atoms. The van der Waals surface area contributed by atoms with Crippen molar-refractivity contribution in [2.24, 2.45) is 0 Å². The van der Waals surface area contributed by atoms with Gasteiger partial charge >= 0.3 is 0 Å². The maximum atomic E-state index is 2.53. The largest absolute Gasteiger partial charge is 0.310 e. The van der Waals surface area contributed by atoms with Crippen LogP contribution in [0.1, 0.15) is 132 Å². The molecule has 11 rings (SSSR count). The number of anilines is 3. The van der Waals surface area contributed by atoms with E-state index in [1.54, 1.807) is 0 Å². The van der Waals surface area contributed by atoms with E-state index in [0.29, 0.717) is 0 Å². The predicted octanol–water partition coefficient (Wildman–Crippen LogP) is 21.0. The van der Waals surface area contributed by atoms with E-state index in [4.69, 9.17) is 0 Å². The number of rotatable bonds is 6. The van der Waals surface area contributed by atoms with Crippen molar-refractivity contribution in [1.29, 1.82) is 0 Å². The van der Waals surface area contributed by atoms with Crippen molar-refractivity contribution in [3.8, 4) is 27.9 Å². The second kappa shape index (κ2) is 17.2. The Morgan fingerprint density at radius 3 is 1.31 bits per heavy atom. The first-order valence-corrected chi connectivity index (χ1v) is 26.9. The smallest absolute Gasteiger partial charge is 0.0541 e. The molecule has 0 saturated carbocycles. The third kappa shape index (κ3) is 8.55. The van der Waals surface area contributed by atoms with Crippen LogP contribution in [-0.4, -0.2) is 4.57 Å². The van der Waals surface area contributed by atoms with Gasteiger partial charge in [0.05, 0.1) is 22.4 Å². The topological polar surface area (TPSA) is 8.17 Å². The molecule has 10 aromatic carbocycles. The molecule has 0 fully saturated rings. The Labute approximate surface area is 441 Å². The molecule has 0 unspecified atom stereocenters. The number of aromatic nitrogens is 1. The van der Waals surface area contributed by atoms with E-state index in [2.05, 4.69) is 289 Å². The number of nitrogens with zero attached hydrogens (tertiary/aromatic N) is 2. The molecule has 74 heavy (non-hydrogen) atoms. The number of para-hydroxylation sites is 1. The van der Waals surface area contributed by atoms with Gasteiger partial charge in [0.1, 0.15) is 0 Å². The standard InChI is InChI=1S/C72H74N2/c1-68(2,3)49-27-34-56(48-39-52(71(10,11)12)41-53(40-48)72(13,14)15)59(42-49)45-21-30-55(31-22-45)73(54-19-17-16-18-20-54)62-35-25-46-24-33-58-63(36-26-47-23-32-57(62)66(46)67(47)58)74-64-37-28-50(69(4,5)6)43-60(64)61-44-51(70(7,8)9)29-38-65(61)74/h16-44H,1-15H3. The van der Waals surface area contributed by atoms with Crippen molar-refractivity contribution in [3.05, 3.63) is 204 Å². The Morgan fingerprint density at radius 2 is 0.770 bits per heavy atom. The molecule has 0 radical (unpaired) electrons. The van der Waals surface area contributed by atoms with Gasteiger partial charge in [0, 0.05) is 32.9 Å². The van der Waals surface area contributed by atoms with Crippen LogP contribution in [0.25, 0.3) is 82.1 Å². The lowest BCUT2D eigenvalue weighted by molar-refractivity contribution is 0.569. The highest BCUT2D eigenvalue weighted by Gasteiger charge is 2.26. The third-order valence-corrected chi connectivity index (χ3v) is 15.9. The number of hydrogen-bond acceptors (Lipinski definition) is 1. The van der Waals surface area contributed by atoms with Crippen molar-refractivity contribution in [2.45, 2.75) is 131 Å². The number of fused-ring (bicyclic) bond motifs is 3. The summed E-state index contributed by atoms with van der Waals surface area (Å²) in [6.45, 7) is 34.8. The maximum absolute atomic E-state index is 2.53. The molecule has 2 heteroatoms. The average Bonchev–Trinajstić information content (AvgIpc) is 3.68. The summed E-state index contributed by atoms with van der Waals surface area (Å²) in [7, 11) is 0. The average molecular weight is 967 g/mol. The minimum Gasteiger partial charge on any atom is -0.310 e. The zero-order valence-electron chi connectivity index (χ0n) is 46.6. The Balaban J connectivity index is 1.09. The second-order valence-electron chi connectivity index (χ2n) is 26.4. The zero-order chi connectivity index (χ0) is 52.4. The Morgan fingerprint density at radius 1 is 0.311 bits per heavy atom. The summed E-state index contributed by atoms with van der Waals surface area (Å²) in [5.74, 6) is 0. The Kier molecular flexibility index (Phi) is 11.4. The highest BCUT2D eigenvalue weighted by atomic mass is 15.1.